The van der Waals surface area contributed by atoms with Gasteiger partial charge in [0.2, 0.25) is 0 Å². The van der Waals surface area contributed by atoms with Gasteiger partial charge in [-0.15, -0.1) is 0 Å². The van der Waals surface area contributed by atoms with Crippen LogP contribution in [0.2, 0.25) is 0 Å². The Bertz CT molecular complexity index is 709. The van der Waals surface area contributed by atoms with Gasteiger partial charge in [0.25, 0.3) is 0 Å². The minimum atomic E-state index is -0.910. The summed E-state index contributed by atoms with van der Waals surface area (Å²) in [7, 11) is 1.24. The van der Waals surface area contributed by atoms with Crippen molar-refractivity contribution >= 4 is 23.6 Å². The normalized spacial score (nSPS) is 14.9. The van der Waals surface area contributed by atoms with Crippen LogP contribution < -0.4 is 5.32 Å². The summed E-state index contributed by atoms with van der Waals surface area (Å²) in [6, 6.07) is -0.910. The fraction of sp³-hybridized carbons (Fsp3) is 0.524. The SMILES string of the molecule is CCC(=O)CC(=O)C1=CC=C(CC(NC(=O)OC(C)(C)C)C(=O)OC)CC=C1. The van der Waals surface area contributed by atoms with Crippen molar-refractivity contribution in [2.75, 3.05) is 7.11 Å². The summed E-state index contributed by atoms with van der Waals surface area (Å²) in [5.41, 5.74) is 0.571. The topological polar surface area (TPSA) is 98.8 Å². The molecule has 28 heavy (non-hydrogen) atoms. The van der Waals surface area contributed by atoms with E-state index in [1.807, 2.05) is 0 Å². The summed E-state index contributed by atoms with van der Waals surface area (Å²) >= 11 is 0. The Balaban J connectivity index is 2.87. The van der Waals surface area contributed by atoms with Crippen molar-refractivity contribution in [3.8, 4) is 0 Å². The molecule has 0 bridgehead atoms. The van der Waals surface area contributed by atoms with Crippen molar-refractivity contribution in [3.63, 3.8) is 0 Å². The quantitative estimate of drug-likeness (QED) is 0.504. The average molecular weight is 391 g/mol. The number of carbonyl (C=O) groups excluding carboxylic acids is 4. The molecule has 0 aromatic rings. The fourth-order valence-electron chi connectivity index (χ4n) is 2.46. The van der Waals surface area contributed by atoms with Gasteiger partial charge in [-0.3, -0.25) is 9.59 Å². The number of rotatable bonds is 8. The molecule has 7 heteroatoms. The Labute approximate surface area is 165 Å². The zero-order chi connectivity index (χ0) is 21.3. The highest BCUT2D eigenvalue weighted by atomic mass is 16.6. The van der Waals surface area contributed by atoms with E-state index in [4.69, 9.17) is 9.47 Å². The number of alkyl carbamates (subject to hydrolysis) is 1. The van der Waals surface area contributed by atoms with Gasteiger partial charge in [0.15, 0.2) is 5.78 Å². The van der Waals surface area contributed by atoms with Crippen LogP contribution in [0.3, 0.4) is 0 Å². The highest BCUT2D eigenvalue weighted by molar-refractivity contribution is 6.09. The van der Waals surface area contributed by atoms with Gasteiger partial charge in [0.1, 0.15) is 17.4 Å². The fourth-order valence-corrected chi connectivity index (χ4v) is 2.46. The third-order valence-corrected chi connectivity index (χ3v) is 3.89. The van der Waals surface area contributed by atoms with E-state index in [-0.39, 0.29) is 24.4 Å². The number of nitrogens with one attached hydrogen (secondary N) is 1. The van der Waals surface area contributed by atoms with Crippen LogP contribution in [-0.2, 0) is 23.9 Å². The summed E-state index contributed by atoms with van der Waals surface area (Å²) in [5, 5.41) is 2.53. The Kier molecular flexibility index (Phi) is 8.82. The minimum absolute atomic E-state index is 0.111. The number of amides is 1. The molecule has 1 aliphatic carbocycles. The van der Waals surface area contributed by atoms with Gasteiger partial charge in [-0.2, -0.15) is 0 Å². The summed E-state index contributed by atoms with van der Waals surface area (Å²) in [4.78, 5) is 47.7. The van der Waals surface area contributed by atoms with Crippen LogP contribution >= 0.6 is 0 Å². The van der Waals surface area contributed by atoms with Crippen molar-refractivity contribution in [2.24, 2.45) is 0 Å². The van der Waals surface area contributed by atoms with Crippen molar-refractivity contribution < 1.29 is 28.7 Å². The molecule has 0 saturated carbocycles. The molecule has 0 aliphatic heterocycles. The first-order valence-corrected chi connectivity index (χ1v) is 9.24. The first-order chi connectivity index (χ1) is 13.1. The van der Waals surface area contributed by atoms with Crippen LogP contribution in [0.25, 0.3) is 0 Å². The lowest BCUT2D eigenvalue weighted by Gasteiger charge is -2.23. The van der Waals surface area contributed by atoms with E-state index in [0.29, 0.717) is 18.4 Å². The standard InChI is InChI=1S/C21H29NO6/c1-6-16(23)13-18(24)15-9-7-8-14(10-11-15)12-17(19(25)27-5)22-20(26)28-21(2,3)4/h7,9-11,17H,6,8,12-13H2,1-5H3,(H,22,26). The van der Waals surface area contributed by atoms with E-state index in [9.17, 15) is 19.2 Å². The van der Waals surface area contributed by atoms with Crippen molar-refractivity contribution in [1.29, 1.82) is 0 Å². The molecule has 0 aromatic carbocycles. The number of Topliss-reactive ketones (excluding diaryl/α,β-unsaturated/α-hetero) is 2. The molecule has 1 rings (SSSR count). The summed E-state index contributed by atoms with van der Waals surface area (Å²) < 4.78 is 9.96. The van der Waals surface area contributed by atoms with Crippen molar-refractivity contribution in [3.05, 3.63) is 35.5 Å². The van der Waals surface area contributed by atoms with Gasteiger partial charge in [-0.1, -0.05) is 36.8 Å². The first-order valence-electron chi connectivity index (χ1n) is 9.24. The Morgan fingerprint density at radius 1 is 1.18 bits per heavy atom. The third kappa shape index (κ3) is 8.33. The van der Waals surface area contributed by atoms with Crippen LogP contribution in [0.4, 0.5) is 4.79 Å². The second kappa shape index (κ2) is 10.6. The summed E-state index contributed by atoms with van der Waals surface area (Å²) in [6.45, 7) is 6.90. The lowest BCUT2D eigenvalue weighted by molar-refractivity contribution is -0.143. The summed E-state index contributed by atoms with van der Waals surface area (Å²) in [5.74, 6) is -0.939. The van der Waals surface area contributed by atoms with Crippen LogP contribution in [0.15, 0.2) is 35.5 Å². The Hall–Kier alpha value is -2.70. The molecule has 0 spiro atoms. The molecule has 0 heterocycles. The Morgan fingerprint density at radius 2 is 1.86 bits per heavy atom. The molecule has 1 amide bonds. The van der Waals surface area contributed by atoms with Gasteiger partial charge in [0.05, 0.1) is 13.5 Å². The van der Waals surface area contributed by atoms with Gasteiger partial charge >= 0.3 is 12.1 Å². The molecule has 0 saturated heterocycles. The lowest BCUT2D eigenvalue weighted by atomic mass is 10.0. The lowest BCUT2D eigenvalue weighted by Crippen LogP contribution is -2.44. The van der Waals surface area contributed by atoms with Crippen molar-refractivity contribution in [1.82, 2.24) is 5.32 Å². The predicted molar refractivity (Wildman–Crippen MR) is 105 cm³/mol. The zero-order valence-electron chi connectivity index (χ0n) is 17.2. The van der Waals surface area contributed by atoms with Crippen LogP contribution in [-0.4, -0.2) is 42.4 Å². The molecular formula is C21H29NO6. The van der Waals surface area contributed by atoms with E-state index in [0.717, 1.165) is 5.57 Å². The van der Waals surface area contributed by atoms with E-state index in [2.05, 4.69) is 5.32 Å². The first kappa shape index (κ1) is 23.3. The zero-order valence-corrected chi connectivity index (χ0v) is 17.2. The molecule has 0 fully saturated rings. The number of hydrogen-bond acceptors (Lipinski definition) is 6. The van der Waals surface area contributed by atoms with Gasteiger partial charge in [-0.25, -0.2) is 9.59 Å². The van der Waals surface area contributed by atoms with Gasteiger partial charge in [-0.05, 0) is 27.2 Å². The molecule has 0 aromatic heterocycles. The van der Waals surface area contributed by atoms with E-state index >= 15 is 0 Å². The number of allylic oxidation sites excluding steroid dienone is 5. The summed E-state index contributed by atoms with van der Waals surface area (Å²) in [6.07, 6.45) is 7.02. The van der Waals surface area contributed by atoms with Crippen LogP contribution in [0, 0.1) is 0 Å². The predicted octanol–water partition coefficient (Wildman–Crippen LogP) is 3.19. The number of ketones is 2. The van der Waals surface area contributed by atoms with E-state index in [1.165, 1.54) is 7.11 Å². The smallest absolute Gasteiger partial charge is 0.408 e. The van der Waals surface area contributed by atoms with Crippen molar-refractivity contribution in [2.45, 2.75) is 65.0 Å². The number of esters is 1. The maximum Gasteiger partial charge on any atom is 0.408 e. The largest absolute Gasteiger partial charge is 0.467 e. The molecule has 154 valence electrons. The molecular weight excluding hydrogens is 362 g/mol. The molecule has 1 N–H and O–H groups in total. The molecule has 0 radical (unpaired) electrons. The maximum absolute atomic E-state index is 12.2. The highest BCUT2D eigenvalue weighted by Gasteiger charge is 2.26. The van der Waals surface area contributed by atoms with Crippen LogP contribution in [0.5, 0.6) is 0 Å². The third-order valence-electron chi connectivity index (χ3n) is 3.89. The number of ether oxygens (including phenoxy) is 2. The molecule has 1 unspecified atom stereocenters. The average Bonchev–Trinajstić information content (AvgIpc) is 2.84. The molecule has 1 atom stereocenters. The minimum Gasteiger partial charge on any atom is -0.467 e. The molecule has 1 aliphatic rings. The van der Waals surface area contributed by atoms with Gasteiger partial charge in [0, 0.05) is 18.4 Å². The highest BCUT2D eigenvalue weighted by Crippen LogP contribution is 2.19. The van der Waals surface area contributed by atoms with E-state index < -0.39 is 23.7 Å². The second-order valence-electron chi connectivity index (χ2n) is 7.47. The monoisotopic (exact) mass is 391 g/mol. The number of methoxy groups -OCH3 is 1. The van der Waals surface area contributed by atoms with Gasteiger partial charge < -0.3 is 14.8 Å². The second-order valence-corrected chi connectivity index (χ2v) is 7.47. The molecule has 7 nitrogen and oxygen atoms in total. The maximum atomic E-state index is 12.2. The number of hydrogen-bond donors (Lipinski definition) is 1. The number of carbonyl (C=O) groups is 4. The van der Waals surface area contributed by atoms with Crippen LogP contribution in [0.1, 0.15) is 53.4 Å². The van der Waals surface area contributed by atoms with E-state index in [1.54, 1.807) is 52.0 Å². The Morgan fingerprint density at radius 3 is 2.43 bits per heavy atom.